The molecule has 4 nitrogen and oxygen atoms in total. The first kappa shape index (κ1) is 13.9. The lowest BCUT2D eigenvalue weighted by molar-refractivity contribution is -0.163. The summed E-state index contributed by atoms with van der Waals surface area (Å²) in [6.45, 7) is 6.66. The molecule has 0 radical (unpaired) electrons. The fourth-order valence-electron chi connectivity index (χ4n) is 1.91. The molecule has 0 aromatic carbocycles. The van der Waals surface area contributed by atoms with Crippen molar-refractivity contribution in [3.8, 4) is 0 Å². The van der Waals surface area contributed by atoms with Gasteiger partial charge in [0.05, 0.1) is 18.3 Å². The van der Waals surface area contributed by atoms with Gasteiger partial charge in [-0.3, -0.25) is 4.79 Å². The van der Waals surface area contributed by atoms with Crippen molar-refractivity contribution >= 4 is 5.91 Å². The maximum Gasteiger partial charge on any atom is 0.246 e. The molecule has 0 bridgehead atoms. The largest absolute Gasteiger partial charge is 0.394 e. The molecule has 0 aromatic rings. The van der Waals surface area contributed by atoms with Gasteiger partial charge in [-0.2, -0.15) is 0 Å². The SMILES string of the molecule is CC=CC=CC(=O)N1CC(CO)OC(C)(C)C1. The van der Waals surface area contributed by atoms with E-state index in [0.717, 1.165) is 0 Å². The van der Waals surface area contributed by atoms with Crippen LogP contribution >= 0.6 is 0 Å². The predicted molar refractivity (Wildman–Crippen MR) is 66.6 cm³/mol. The van der Waals surface area contributed by atoms with E-state index in [1.165, 1.54) is 6.08 Å². The third kappa shape index (κ3) is 4.32. The van der Waals surface area contributed by atoms with Crippen LogP contribution < -0.4 is 0 Å². The number of hydrogen-bond acceptors (Lipinski definition) is 3. The number of morpholine rings is 1. The number of carbonyl (C=O) groups is 1. The Bertz CT molecular complexity index is 321. The minimum atomic E-state index is -0.407. The van der Waals surface area contributed by atoms with Crippen LogP contribution in [-0.4, -0.2) is 47.3 Å². The van der Waals surface area contributed by atoms with Gasteiger partial charge in [-0.1, -0.05) is 18.2 Å². The van der Waals surface area contributed by atoms with Crippen LogP contribution in [0.5, 0.6) is 0 Å². The molecule has 1 N–H and O–H groups in total. The van der Waals surface area contributed by atoms with Gasteiger partial charge >= 0.3 is 0 Å². The molecule has 1 fully saturated rings. The van der Waals surface area contributed by atoms with Crippen molar-refractivity contribution in [3.63, 3.8) is 0 Å². The Balaban J connectivity index is 2.66. The van der Waals surface area contributed by atoms with Gasteiger partial charge < -0.3 is 14.7 Å². The van der Waals surface area contributed by atoms with Crippen LogP contribution in [0.1, 0.15) is 20.8 Å². The molecule has 1 rings (SSSR count). The number of ether oxygens (including phenoxy) is 1. The van der Waals surface area contributed by atoms with Gasteiger partial charge in [0.1, 0.15) is 0 Å². The van der Waals surface area contributed by atoms with Crippen LogP contribution in [-0.2, 0) is 9.53 Å². The molecule has 1 aliphatic heterocycles. The fraction of sp³-hybridized carbons (Fsp3) is 0.615. The summed E-state index contributed by atoms with van der Waals surface area (Å²) >= 11 is 0. The summed E-state index contributed by atoms with van der Waals surface area (Å²) in [6, 6.07) is 0. The van der Waals surface area contributed by atoms with E-state index >= 15 is 0 Å². The van der Waals surface area contributed by atoms with E-state index in [-0.39, 0.29) is 18.6 Å². The molecule has 96 valence electrons. The Hall–Kier alpha value is -1.13. The molecule has 0 aliphatic carbocycles. The zero-order valence-electron chi connectivity index (χ0n) is 10.7. The van der Waals surface area contributed by atoms with E-state index < -0.39 is 5.60 Å². The highest BCUT2D eigenvalue weighted by atomic mass is 16.5. The number of aliphatic hydroxyl groups excluding tert-OH is 1. The van der Waals surface area contributed by atoms with Crippen LogP contribution in [0.2, 0.25) is 0 Å². The summed E-state index contributed by atoms with van der Waals surface area (Å²) < 4.78 is 5.65. The van der Waals surface area contributed by atoms with Crippen molar-refractivity contribution in [2.24, 2.45) is 0 Å². The molecule has 1 amide bonds. The summed E-state index contributed by atoms with van der Waals surface area (Å²) in [5, 5.41) is 9.14. The first-order chi connectivity index (χ1) is 7.98. The summed E-state index contributed by atoms with van der Waals surface area (Å²) in [5.41, 5.74) is -0.407. The average Bonchev–Trinajstić information content (AvgIpc) is 2.27. The molecule has 1 atom stereocenters. The number of rotatable bonds is 3. The van der Waals surface area contributed by atoms with Crippen molar-refractivity contribution in [1.29, 1.82) is 0 Å². The Kier molecular flexibility index (Phi) is 4.90. The highest BCUT2D eigenvalue weighted by Gasteiger charge is 2.34. The third-order valence-electron chi connectivity index (χ3n) is 2.54. The molecule has 4 heteroatoms. The quantitative estimate of drug-likeness (QED) is 0.593. The third-order valence-corrected chi connectivity index (χ3v) is 2.54. The Morgan fingerprint density at radius 1 is 1.53 bits per heavy atom. The van der Waals surface area contributed by atoms with Crippen LogP contribution in [0.25, 0.3) is 0 Å². The average molecular weight is 239 g/mol. The van der Waals surface area contributed by atoms with E-state index in [0.29, 0.717) is 13.1 Å². The molecule has 17 heavy (non-hydrogen) atoms. The monoisotopic (exact) mass is 239 g/mol. The van der Waals surface area contributed by atoms with Crippen molar-refractivity contribution in [1.82, 2.24) is 4.90 Å². The lowest BCUT2D eigenvalue weighted by atomic mass is 10.1. The molecular formula is C13H21NO3. The lowest BCUT2D eigenvalue weighted by Gasteiger charge is -2.41. The van der Waals surface area contributed by atoms with Gasteiger partial charge in [-0.15, -0.1) is 0 Å². The van der Waals surface area contributed by atoms with E-state index in [4.69, 9.17) is 9.84 Å². The van der Waals surface area contributed by atoms with Crippen molar-refractivity contribution < 1.29 is 14.6 Å². The van der Waals surface area contributed by atoms with Gasteiger partial charge in [0.15, 0.2) is 0 Å². The zero-order valence-corrected chi connectivity index (χ0v) is 10.7. The van der Waals surface area contributed by atoms with Crippen LogP contribution in [0.3, 0.4) is 0 Å². The number of amides is 1. The van der Waals surface area contributed by atoms with Gasteiger partial charge in [0.25, 0.3) is 0 Å². The van der Waals surface area contributed by atoms with Crippen molar-refractivity contribution in [2.75, 3.05) is 19.7 Å². The predicted octanol–water partition coefficient (Wildman–Crippen LogP) is 1.12. The smallest absolute Gasteiger partial charge is 0.246 e. The number of aliphatic hydroxyl groups is 1. The van der Waals surface area contributed by atoms with Crippen LogP contribution in [0.4, 0.5) is 0 Å². The number of nitrogens with zero attached hydrogens (tertiary/aromatic N) is 1. The second-order valence-electron chi connectivity index (χ2n) is 4.79. The standard InChI is InChI=1S/C13H21NO3/c1-4-5-6-7-12(16)14-8-11(9-15)17-13(2,3)10-14/h4-7,11,15H,8-10H2,1-3H3. The molecule has 1 aliphatic rings. The van der Waals surface area contributed by atoms with E-state index in [2.05, 4.69) is 0 Å². The second kappa shape index (κ2) is 5.98. The van der Waals surface area contributed by atoms with Gasteiger partial charge in [0, 0.05) is 19.2 Å². The van der Waals surface area contributed by atoms with Crippen molar-refractivity contribution in [3.05, 3.63) is 24.3 Å². The first-order valence-electron chi connectivity index (χ1n) is 5.85. The van der Waals surface area contributed by atoms with Gasteiger partial charge in [-0.05, 0) is 20.8 Å². The molecule has 1 unspecified atom stereocenters. The van der Waals surface area contributed by atoms with Crippen LogP contribution in [0, 0.1) is 0 Å². The molecular weight excluding hydrogens is 218 g/mol. The minimum Gasteiger partial charge on any atom is -0.394 e. The molecule has 1 heterocycles. The van der Waals surface area contributed by atoms with E-state index in [1.54, 1.807) is 11.0 Å². The first-order valence-corrected chi connectivity index (χ1v) is 5.85. The van der Waals surface area contributed by atoms with Crippen molar-refractivity contribution in [2.45, 2.75) is 32.5 Å². The molecule has 0 saturated carbocycles. The summed E-state index contributed by atoms with van der Waals surface area (Å²) in [7, 11) is 0. The van der Waals surface area contributed by atoms with Gasteiger partial charge in [0.2, 0.25) is 5.91 Å². The molecule has 0 spiro atoms. The fourth-order valence-corrected chi connectivity index (χ4v) is 1.91. The number of carbonyl (C=O) groups excluding carboxylic acids is 1. The molecule has 1 saturated heterocycles. The Morgan fingerprint density at radius 3 is 2.82 bits per heavy atom. The van der Waals surface area contributed by atoms with Gasteiger partial charge in [-0.25, -0.2) is 0 Å². The Morgan fingerprint density at radius 2 is 2.24 bits per heavy atom. The normalized spacial score (nSPS) is 24.7. The second-order valence-corrected chi connectivity index (χ2v) is 4.79. The summed E-state index contributed by atoms with van der Waals surface area (Å²) in [5.74, 6) is -0.0436. The minimum absolute atomic E-state index is 0.0436. The summed E-state index contributed by atoms with van der Waals surface area (Å²) in [4.78, 5) is 13.6. The highest BCUT2D eigenvalue weighted by Crippen LogP contribution is 2.20. The summed E-state index contributed by atoms with van der Waals surface area (Å²) in [6.07, 6.45) is 6.64. The lowest BCUT2D eigenvalue weighted by Crippen LogP contribution is -2.55. The van der Waals surface area contributed by atoms with Crippen LogP contribution in [0.15, 0.2) is 24.3 Å². The maximum atomic E-state index is 11.9. The maximum absolute atomic E-state index is 11.9. The zero-order chi connectivity index (χ0) is 12.9. The van der Waals surface area contributed by atoms with E-state index in [9.17, 15) is 4.79 Å². The Labute approximate surface area is 103 Å². The number of allylic oxidation sites excluding steroid dienone is 3. The number of hydrogen-bond donors (Lipinski definition) is 1. The highest BCUT2D eigenvalue weighted by molar-refractivity contribution is 5.88. The topological polar surface area (TPSA) is 49.8 Å². The van der Waals surface area contributed by atoms with E-state index in [1.807, 2.05) is 32.9 Å². The molecule has 0 aromatic heterocycles.